The average Bonchev–Trinajstić information content (AvgIpc) is 2.85. The van der Waals surface area contributed by atoms with E-state index in [1.54, 1.807) is 31.3 Å². The molecule has 0 aliphatic rings. The number of nitrogens with one attached hydrogen (secondary N) is 1. The number of nitrogens with zero attached hydrogens (tertiary/aromatic N) is 3. The van der Waals surface area contributed by atoms with Gasteiger partial charge in [0.2, 0.25) is 0 Å². The fourth-order valence-electron chi connectivity index (χ4n) is 1.74. The number of rotatable bonds is 4. The predicted molar refractivity (Wildman–Crippen MR) is 76.3 cm³/mol. The summed E-state index contributed by atoms with van der Waals surface area (Å²) >= 11 is 0. The molecule has 106 valence electrons. The normalized spacial score (nSPS) is 11.3. The predicted octanol–water partition coefficient (Wildman–Crippen LogP) is 0.529. The van der Waals surface area contributed by atoms with E-state index < -0.39 is 10.0 Å². The monoisotopic (exact) mass is 293 g/mol. The van der Waals surface area contributed by atoms with E-state index in [1.807, 2.05) is 0 Å². The largest absolute Gasteiger partial charge is 0.384 e. The van der Waals surface area contributed by atoms with E-state index in [9.17, 15) is 8.42 Å². The van der Waals surface area contributed by atoms with Crippen molar-refractivity contribution in [2.24, 2.45) is 12.8 Å². The molecule has 0 amide bonds. The summed E-state index contributed by atoms with van der Waals surface area (Å²) in [6, 6.07) is 7.85. The first-order valence-corrected chi connectivity index (χ1v) is 7.19. The Morgan fingerprint density at radius 3 is 2.35 bits per heavy atom. The van der Waals surface area contributed by atoms with Crippen LogP contribution in [0.5, 0.6) is 0 Å². The highest BCUT2D eigenvalue weighted by atomic mass is 32.2. The van der Waals surface area contributed by atoms with Gasteiger partial charge in [0.1, 0.15) is 5.84 Å². The van der Waals surface area contributed by atoms with E-state index in [-0.39, 0.29) is 10.9 Å². The Kier molecular flexibility index (Phi) is 3.49. The van der Waals surface area contributed by atoms with Crippen LogP contribution in [0.1, 0.15) is 5.56 Å². The van der Waals surface area contributed by atoms with Gasteiger partial charge in [-0.2, -0.15) is 13.5 Å². The Balaban J connectivity index is 2.38. The SMILES string of the molecule is CN(c1ccc(C(=N)N)cc1)S(=O)(=O)c1ccnn1C. The van der Waals surface area contributed by atoms with Crippen molar-refractivity contribution in [2.45, 2.75) is 5.03 Å². The summed E-state index contributed by atoms with van der Waals surface area (Å²) in [4.78, 5) is 0. The van der Waals surface area contributed by atoms with Gasteiger partial charge in [0, 0.05) is 19.7 Å². The minimum atomic E-state index is -3.66. The standard InChI is InChI=1S/C12H15N5O2S/c1-16-11(7-8-15-16)20(18,19)17(2)10-5-3-9(4-6-10)12(13)14/h3-8H,1-2H3,(H3,13,14). The first-order chi connectivity index (χ1) is 9.34. The number of anilines is 1. The maximum Gasteiger partial charge on any atom is 0.281 e. The molecule has 0 spiro atoms. The van der Waals surface area contributed by atoms with Crippen LogP contribution in [0.4, 0.5) is 5.69 Å². The summed E-state index contributed by atoms with van der Waals surface area (Å²) in [5.41, 5.74) is 6.39. The molecule has 3 N–H and O–H groups in total. The molecule has 0 bridgehead atoms. The molecule has 1 aromatic heterocycles. The Morgan fingerprint density at radius 1 is 1.30 bits per heavy atom. The van der Waals surface area contributed by atoms with Gasteiger partial charge in [-0.05, 0) is 30.3 Å². The smallest absolute Gasteiger partial charge is 0.281 e. The maximum atomic E-state index is 12.4. The van der Waals surface area contributed by atoms with Crippen molar-refractivity contribution in [1.82, 2.24) is 9.78 Å². The fourth-order valence-corrected chi connectivity index (χ4v) is 3.04. The minimum Gasteiger partial charge on any atom is -0.384 e. The lowest BCUT2D eigenvalue weighted by atomic mass is 10.2. The van der Waals surface area contributed by atoms with Crippen LogP contribution in [0.3, 0.4) is 0 Å². The number of aryl methyl sites for hydroxylation is 1. The van der Waals surface area contributed by atoms with Crippen molar-refractivity contribution in [3.63, 3.8) is 0 Å². The van der Waals surface area contributed by atoms with Crippen LogP contribution in [0.25, 0.3) is 0 Å². The zero-order valence-corrected chi connectivity index (χ0v) is 11.9. The quantitative estimate of drug-likeness (QED) is 0.633. The third-order valence-electron chi connectivity index (χ3n) is 2.94. The van der Waals surface area contributed by atoms with Crippen LogP contribution < -0.4 is 10.0 Å². The summed E-state index contributed by atoms with van der Waals surface area (Å²) in [5.74, 6) is -0.0614. The number of nitrogens with two attached hydrogens (primary N) is 1. The molecule has 0 unspecified atom stereocenters. The molecule has 0 fully saturated rings. The highest BCUT2D eigenvalue weighted by Crippen LogP contribution is 2.21. The molecular weight excluding hydrogens is 278 g/mol. The van der Waals surface area contributed by atoms with Crippen LogP contribution >= 0.6 is 0 Å². The van der Waals surface area contributed by atoms with Gasteiger partial charge in [-0.1, -0.05) is 0 Å². The molecule has 0 saturated carbocycles. The van der Waals surface area contributed by atoms with Gasteiger partial charge in [-0.3, -0.25) is 14.4 Å². The van der Waals surface area contributed by atoms with E-state index in [2.05, 4.69) is 5.10 Å². The molecule has 0 atom stereocenters. The number of aromatic nitrogens is 2. The van der Waals surface area contributed by atoms with Crippen molar-refractivity contribution in [1.29, 1.82) is 5.41 Å². The van der Waals surface area contributed by atoms with Gasteiger partial charge in [0.25, 0.3) is 10.0 Å². The fraction of sp³-hybridized carbons (Fsp3) is 0.167. The van der Waals surface area contributed by atoms with Crippen molar-refractivity contribution < 1.29 is 8.42 Å². The number of hydrogen-bond donors (Lipinski definition) is 2. The van der Waals surface area contributed by atoms with Gasteiger partial charge in [-0.25, -0.2) is 0 Å². The Hall–Kier alpha value is -2.35. The van der Waals surface area contributed by atoms with Gasteiger partial charge >= 0.3 is 0 Å². The summed E-state index contributed by atoms with van der Waals surface area (Å²) < 4.78 is 27.3. The van der Waals surface area contributed by atoms with Crippen LogP contribution in [0, 0.1) is 5.41 Å². The molecule has 8 heteroatoms. The van der Waals surface area contributed by atoms with Crippen LogP contribution in [0.15, 0.2) is 41.6 Å². The van der Waals surface area contributed by atoms with Crippen molar-refractivity contribution in [3.05, 3.63) is 42.1 Å². The molecular formula is C12H15N5O2S. The molecule has 0 saturated heterocycles. The summed E-state index contributed by atoms with van der Waals surface area (Å²) in [7, 11) is -0.631. The molecule has 2 aromatic rings. The lowest BCUT2D eigenvalue weighted by Gasteiger charge is -2.19. The summed E-state index contributed by atoms with van der Waals surface area (Å²) in [5, 5.41) is 11.3. The number of sulfonamides is 1. The van der Waals surface area contributed by atoms with Crippen molar-refractivity contribution >= 4 is 21.5 Å². The minimum absolute atomic E-state index is 0.0614. The molecule has 0 radical (unpaired) electrons. The third kappa shape index (κ3) is 2.37. The van der Waals surface area contributed by atoms with E-state index in [4.69, 9.17) is 11.1 Å². The molecule has 1 heterocycles. The number of hydrogen-bond acceptors (Lipinski definition) is 4. The third-order valence-corrected chi connectivity index (χ3v) is 4.80. The Labute approximate surface area is 117 Å². The Morgan fingerprint density at radius 2 is 1.90 bits per heavy atom. The van der Waals surface area contributed by atoms with Crippen molar-refractivity contribution in [2.75, 3.05) is 11.4 Å². The molecule has 7 nitrogen and oxygen atoms in total. The van der Waals surface area contributed by atoms with Gasteiger partial charge in [0.15, 0.2) is 5.03 Å². The second kappa shape index (κ2) is 4.97. The molecule has 0 aliphatic heterocycles. The van der Waals surface area contributed by atoms with Gasteiger partial charge in [0.05, 0.1) is 11.9 Å². The second-order valence-corrected chi connectivity index (χ2v) is 6.14. The molecule has 1 aromatic carbocycles. The highest BCUT2D eigenvalue weighted by Gasteiger charge is 2.24. The lowest BCUT2D eigenvalue weighted by molar-refractivity contribution is 0.575. The summed E-state index contributed by atoms with van der Waals surface area (Å²) in [6.45, 7) is 0. The van der Waals surface area contributed by atoms with Gasteiger partial charge in [-0.15, -0.1) is 0 Å². The van der Waals surface area contributed by atoms with E-state index in [0.29, 0.717) is 11.3 Å². The average molecular weight is 293 g/mol. The van der Waals surface area contributed by atoms with Gasteiger partial charge < -0.3 is 5.73 Å². The highest BCUT2D eigenvalue weighted by molar-refractivity contribution is 7.92. The second-order valence-electron chi connectivity index (χ2n) is 4.23. The molecule has 20 heavy (non-hydrogen) atoms. The van der Waals surface area contributed by atoms with E-state index in [0.717, 1.165) is 4.31 Å². The lowest BCUT2D eigenvalue weighted by Crippen LogP contribution is -2.28. The zero-order chi connectivity index (χ0) is 14.9. The number of amidine groups is 1. The summed E-state index contributed by atoms with van der Waals surface area (Å²) in [6.07, 6.45) is 1.43. The van der Waals surface area contributed by atoms with Crippen LogP contribution in [-0.2, 0) is 17.1 Å². The van der Waals surface area contributed by atoms with Crippen LogP contribution in [-0.4, -0.2) is 31.1 Å². The first-order valence-electron chi connectivity index (χ1n) is 5.75. The van der Waals surface area contributed by atoms with Crippen molar-refractivity contribution in [3.8, 4) is 0 Å². The zero-order valence-electron chi connectivity index (χ0n) is 11.1. The first kappa shape index (κ1) is 14.1. The molecule has 0 aliphatic carbocycles. The topological polar surface area (TPSA) is 105 Å². The molecule has 2 rings (SSSR count). The van der Waals surface area contributed by atoms with E-state index >= 15 is 0 Å². The van der Waals surface area contributed by atoms with E-state index in [1.165, 1.54) is 24.0 Å². The maximum absolute atomic E-state index is 12.4. The Bertz CT molecular complexity index is 733. The number of nitrogen functional groups attached to an aromatic ring is 1. The van der Waals surface area contributed by atoms with Crippen LogP contribution in [0.2, 0.25) is 0 Å². The number of benzene rings is 1.